The first-order valence-corrected chi connectivity index (χ1v) is 6.79. The molecule has 0 aliphatic heterocycles. The third kappa shape index (κ3) is 2.00. The van der Waals surface area contributed by atoms with Gasteiger partial charge in [0.15, 0.2) is 0 Å². The molecule has 2 aromatic rings. The van der Waals surface area contributed by atoms with Crippen LogP contribution in [0, 0.1) is 0 Å². The molecule has 1 aliphatic rings. The monoisotopic (exact) mass is 261 g/mol. The van der Waals surface area contributed by atoms with Gasteiger partial charge < -0.3 is 10.6 Å². The van der Waals surface area contributed by atoms with Gasteiger partial charge in [0.1, 0.15) is 5.01 Å². The maximum absolute atomic E-state index is 12.0. The highest BCUT2D eigenvalue weighted by Gasteiger charge is 2.47. The molecule has 1 amide bonds. The van der Waals surface area contributed by atoms with Crippen molar-refractivity contribution in [3.8, 4) is 0 Å². The van der Waals surface area contributed by atoms with E-state index in [2.05, 4.69) is 4.98 Å². The highest BCUT2D eigenvalue weighted by Crippen LogP contribution is 2.34. The zero-order valence-corrected chi connectivity index (χ0v) is 11.0. The first-order chi connectivity index (χ1) is 8.58. The topological polar surface area (TPSA) is 59.2 Å². The largest absolute Gasteiger partial charge is 0.337 e. The van der Waals surface area contributed by atoms with Crippen molar-refractivity contribution in [3.05, 3.63) is 29.3 Å². The molecule has 0 saturated heterocycles. The second kappa shape index (κ2) is 4.03. The van der Waals surface area contributed by atoms with Crippen molar-refractivity contribution in [2.45, 2.75) is 24.9 Å². The summed E-state index contributed by atoms with van der Waals surface area (Å²) in [5.41, 5.74) is 6.31. The number of hydrogen-bond donors (Lipinski definition) is 1. The highest BCUT2D eigenvalue weighted by atomic mass is 32.1. The molecule has 0 radical (unpaired) electrons. The van der Waals surface area contributed by atoms with Crippen LogP contribution in [0.5, 0.6) is 0 Å². The number of hydrogen-bond acceptors (Lipinski definition) is 4. The van der Waals surface area contributed by atoms with Crippen molar-refractivity contribution >= 4 is 27.5 Å². The van der Waals surface area contributed by atoms with Gasteiger partial charge in [0.05, 0.1) is 22.3 Å². The number of para-hydroxylation sites is 1. The van der Waals surface area contributed by atoms with Crippen LogP contribution in [0.2, 0.25) is 0 Å². The lowest BCUT2D eigenvalue weighted by molar-refractivity contribution is -0.132. The van der Waals surface area contributed by atoms with Gasteiger partial charge in [-0.25, -0.2) is 4.98 Å². The van der Waals surface area contributed by atoms with Crippen molar-refractivity contribution in [2.75, 3.05) is 7.05 Å². The summed E-state index contributed by atoms with van der Waals surface area (Å²) in [6.07, 6.45) is 1.60. The summed E-state index contributed by atoms with van der Waals surface area (Å²) >= 11 is 1.63. The second-order valence-electron chi connectivity index (χ2n) is 4.89. The maximum atomic E-state index is 12.0. The fourth-order valence-electron chi connectivity index (χ4n) is 1.99. The molecular weight excluding hydrogens is 246 g/mol. The van der Waals surface area contributed by atoms with Gasteiger partial charge in [-0.05, 0) is 25.0 Å². The normalized spacial score (nSPS) is 16.8. The number of thiazole rings is 1. The Hall–Kier alpha value is -1.46. The quantitative estimate of drug-likeness (QED) is 0.915. The number of nitrogens with zero attached hydrogens (tertiary/aromatic N) is 2. The first kappa shape index (κ1) is 11.6. The van der Waals surface area contributed by atoms with Gasteiger partial charge in [0, 0.05) is 7.05 Å². The Labute approximate surface area is 109 Å². The molecule has 0 atom stereocenters. The van der Waals surface area contributed by atoms with E-state index in [0.717, 1.165) is 28.1 Å². The van der Waals surface area contributed by atoms with Gasteiger partial charge in [0.2, 0.25) is 5.91 Å². The lowest BCUT2D eigenvalue weighted by Crippen LogP contribution is -2.43. The summed E-state index contributed by atoms with van der Waals surface area (Å²) < 4.78 is 1.15. The average molecular weight is 261 g/mol. The zero-order chi connectivity index (χ0) is 12.8. The van der Waals surface area contributed by atoms with Crippen LogP contribution in [0.3, 0.4) is 0 Å². The van der Waals surface area contributed by atoms with Crippen molar-refractivity contribution < 1.29 is 4.79 Å². The van der Waals surface area contributed by atoms with Crippen LogP contribution in [0.15, 0.2) is 24.3 Å². The van der Waals surface area contributed by atoms with E-state index in [9.17, 15) is 4.79 Å². The van der Waals surface area contributed by atoms with E-state index in [0.29, 0.717) is 6.54 Å². The van der Waals surface area contributed by atoms with Crippen LogP contribution < -0.4 is 5.73 Å². The van der Waals surface area contributed by atoms with Gasteiger partial charge in [-0.15, -0.1) is 11.3 Å². The fraction of sp³-hybridized carbons (Fsp3) is 0.385. The summed E-state index contributed by atoms with van der Waals surface area (Å²) in [5, 5.41) is 0.955. The van der Waals surface area contributed by atoms with E-state index < -0.39 is 5.54 Å². The summed E-state index contributed by atoms with van der Waals surface area (Å²) in [5.74, 6) is 0.0294. The number of fused-ring (bicyclic) bond motifs is 1. The number of carbonyl (C=O) groups excluding carboxylic acids is 1. The Morgan fingerprint density at radius 3 is 2.89 bits per heavy atom. The molecule has 2 N–H and O–H groups in total. The molecule has 4 nitrogen and oxygen atoms in total. The second-order valence-corrected chi connectivity index (χ2v) is 6.01. The van der Waals surface area contributed by atoms with E-state index in [-0.39, 0.29) is 5.91 Å². The van der Waals surface area contributed by atoms with Crippen LogP contribution in [0.25, 0.3) is 10.2 Å². The minimum Gasteiger partial charge on any atom is -0.337 e. The van der Waals surface area contributed by atoms with E-state index in [4.69, 9.17) is 5.73 Å². The van der Waals surface area contributed by atoms with Crippen LogP contribution >= 0.6 is 11.3 Å². The van der Waals surface area contributed by atoms with Crippen molar-refractivity contribution in [3.63, 3.8) is 0 Å². The molecule has 0 spiro atoms. The maximum Gasteiger partial charge on any atom is 0.242 e. The Morgan fingerprint density at radius 2 is 2.22 bits per heavy atom. The third-order valence-electron chi connectivity index (χ3n) is 3.27. The van der Waals surface area contributed by atoms with Gasteiger partial charge >= 0.3 is 0 Å². The first-order valence-electron chi connectivity index (χ1n) is 5.97. The van der Waals surface area contributed by atoms with Crippen molar-refractivity contribution in [1.29, 1.82) is 0 Å². The minimum absolute atomic E-state index is 0.0294. The van der Waals surface area contributed by atoms with E-state index in [1.807, 2.05) is 24.3 Å². The number of likely N-dealkylation sites (N-methyl/N-ethyl adjacent to an activating group) is 1. The Bertz CT molecular complexity index is 570. The Morgan fingerprint density at radius 1 is 1.50 bits per heavy atom. The zero-order valence-electron chi connectivity index (χ0n) is 10.2. The number of carbonyl (C=O) groups is 1. The number of amides is 1. The molecule has 1 aromatic carbocycles. The van der Waals surface area contributed by atoms with Gasteiger partial charge in [-0.2, -0.15) is 0 Å². The number of benzene rings is 1. The summed E-state index contributed by atoms with van der Waals surface area (Å²) in [7, 11) is 1.79. The molecule has 1 fully saturated rings. The Kier molecular flexibility index (Phi) is 2.60. The lowest BCUT2D eigenvalue weighted by atomic mass is 10.2. The molecule has 1 heterocycles. The lowest BCUT2D eigenvalue weighted by Gasteiger charge is -2.19. The van der Waals surface area contributed by atoms with Crippen LogP contribution in [-0.4, -0.2) is 28.4 Å². The number of nitrogens with two attached hydrogens (primary N) is 1. The molecule has 3 rings (SSSR count). The molecule has 94 valence electrons. The summed E-state index contributed by atoms with van der Waals surface area (Å²) in [4.78, 5) is 18.2. The average Bonchev–Trinajstić information content (AvgIpc) is 2.97. The summed E-state index contributed by atoms with van der Waals surface area (Å²) in [6, 6.07) is 8.00. The van der Waals surface area contributed by atoms with Crippen molar-refractivity contribution in [1.82, 2.24) is 9.88 Å². The fourth-order valence-corrected chi connectivity index (χ4v) is 3.01. The van der Waals surface area contributed by atoms with Crippen LogP contribution in [0.1, 0.15) is 17.8 Å². The van der Waals surface area contributed by atoms with Crippen molar-refractivity contribution in [2.24, 2.45) is 5.73 Å². The van der Waals surface area contributed by atoms with E-state index in [1.165, 1.54) is 0 Å². The Balaban J connectivity index is 1.77. The van der Waals surface area contributed by atoms with Crippen LogP contribution in [0.4, 0.5) is 0 Å². The van der Waals surface area contributed by atoms with Crippen LogP contribution in [-0.2, 0) is 11.3 Å². The third-order valence-corrected chi connectivity index (χ3v) is 4.29. The molecule has 18 heavy (non-hydrogen) atoms. The molecule has 1 saturated carbocycles. The molecule has 0 unspecified atom stereocenters. The molecule has 0 bridgehead atoms. The number of aromatic nitrogens is 1. The standard InChI is InChI=1S/C13H15N3OS/c1-16(12(17)13(14)6-7-13)8-11-15-9-4-2-3-5-10(9)18-11/h2-5H,6-8,14H2,1H3. The van der Waals surface area contributed by atoms with E-state index >= 15 is 0 Å². The number of rotatable bonds is 3. The predicted molar refractivity (Wildman–Crippen MR) is 72.2 cm³/mol. The van der Waals surface area contributed by atoms with E-state index in [1.54, 1.807) is 23.3 Å². The molecule has 1 aromatic heterocycles. The highest BCUT2D eigenvalue weighted by molar-refractivity contribution is 7.18. The molecular formula is C13H15N3OS. The van der Waals surface area contributed by atoms with Gasteiger partial charge in [0.25, 0.3) is 0 Å². The summed E-state index contributed by atoms with van der Waals surface area (Å²) in [6.45, 7) is 0.539. The SMILES string of the molecule is CN(Cc1nc2ccccc2s1)C(=O)C1(N)CC1. The molecule has 5 heteroatoms. The smallest absolute Gasteiger partial charge is 0.242 e. The molecule has 1 aliphatic carbocycles. The van der Waals surface area contributed by atoms with Gasteiger partial charge in [-0.1, -0.05) is 12.1 Å². The predicted octanol–water partition coefficient (Wildman–Crippen LogP) is 1.75. The minimum atomic E-state index is -0.592. The van der Waals surface area contributed by atoms with Gasteiger partial charge in [-0.3, -0.25) is 4.79 Å².